The van der Waals surface area contributed by atoms with Crippen LogP contribution in [0.4, 0.5) is 11.6 Å². The Morgan fingerprint density at radius 2 is 1.03 bits per heavy atom. The molecule has 0 fully saturated rings. The SMILES string of the molecule is O=C(Cn1cc(-c2ccccn2)nn1)Nc1ccc(-c2cccc(-c3ccc(-c4nnn(CC(=O)Nc5ccc(-c6ccccc6)cn5)c4-c4ccccc4)cc3)c2)cn1. The van der Waals surface area contributed by atoms with Gasteiger partial charge in [0.25, 0.3) is 0 Å². The summed E-state index contributed by atoms with van der Waals surface area (Å²) in [5, 5.41) is 22.9. The first-order valence-electron chi connectivity index (χ1n) is 19.1. The minimum Gasteiger partial charge on any atom is -0.309 e. The third kappa shape index (κ3) is 8.45. The predicted octanol–water partition coefficient (Wildman–Crippen LogP) is 8.33. The second kappa shape index (κ2) is 17.0. The monoisotopic (exact) mass is 785 g/mol. The van der Waals surface area contributed by atoms with Gasteiger partial charge in [-0.2, -0.15) is 0 Å². The van der Waals surface area contributed by atoms with Crippen molar-refractivity contribution in [2.24, 2.45) is 0 Å². The van der Waals surface area contributed by atoms with E-state index in [1.54, 1.807) is 41.6 Å². The number of hydrogen-bond donors (Lipinski definition) is 2. The lowest BCUT2D eigenvalue weighted by Gasteiger charge is -2.10. The largest absolute Gasteiger partial charge is 0.309 e. The molecule has 0 saturated heterocycles. The second-order valence-electron chi connectivity index (χ2n) is 13.8. The van der Waals surface area contributed by atoms with Gasteiger partial charge >= 0.3 is 0 Å². The zero-order valence-corrected chi connectivity index (χ0v) is 32.0. The number of amides is 2. The Balaban J connectivity index is 0.871. The van der Waals surface area contributed by atoms with Crippen LogP contribution in [0.5, 0.6) is 0 Å². The summed E-state index contributed by atoms with van der Waals surface area (Å²) in [6.45, 7) is -0.0693. The number of nitrogens with one attached hydrogen (secondary N) is 2. The van der Waals surface area contributed by atoms with E-state index in [0.717, 1.165) is 50.2 Å². The van der Waals surface area contributed by atoms with Crippen LogP contribution >= 0.6 is 0 Å². The Hall–Kier alpha value is -8.45. The minimum atomic E-state index is -0.277. The lowest BCUT2D eigenvalue weighted by molar-refractivity contribution is -0.117. The number of carbonyl (C=O) groups excluding carboxylic acids is 2. The van der Waals surface area contributed by atoms with Crippen LogP contribution in [0.3, 0.4) is 0 Å². The quantitative estimate of drug-likeness (QED) is 0.124. The molecule has 0 aliphatic rings. The van der Waals surface area contributed by atoms with E-state index >= 15 is 0 Å². The van der Waals surface area contributed by atoms with Gasteiger partial charge in [0.1, 0.15) is 36.1 Å². The van der Waals surface area contributed by atoms with Gasteiger partial charge in [-0.1, -0.05) is 120 Å². The number of nitrogens with zero attached hydrogens (tertiary/aromatic N) is 9. The van der Waals surface area contributed by atoms with Gasteiger partial charge in [0, 0.05) is 40.8 Å². The molecule has 0 radical (unpaired) electrons. The van der Waals surface area contributed by atoms with E-state index in [9.17, 15) is 9.59 Å². The number of rotatable bonds is 12. The average molecular weight is 786 g/mol. The molecular formula is C47H35N11O2. The van der Waals surface area contributed by atoms with E-state index in [2.05, 4.69) is 58.3 Å². The minimum absolute atomic E-state index is 0.0172. The fourth-order valence-electron chi connectivity index (χ4n) is 6.76. The molecule has 0 bridgehead atoms. The van der Waals surface area contributed by atoms with Gasteiger partial charge in [-0.3, -0.25) is 14.6 Å². The summed E-state index contributed by atoms with van der Waals surface area (Å²) in [5.74, 6) is 0.335. The van der Waals surface area contributed by atoms with E-state index in [1.165, 1.54) is 4.68 Å². The van der Waals surface area contributed by atoms with Gasteiger partial charge in [0.2, 0.25) is 11.8 Å². The number of benzene rings is 4. The number of anilines is 2. The van der Waals surface area contributed by atoms with E-state index in [0.29, 0.717) is 28.7 Å². The third-order valence-corrected chi connectivity index (χ3v) is 9.70. The molecule has 5 heterocycles. The van der Waals surface area contributed by atoms with Gasteiger partial charge in [-0.05, 0) is 64.7 Å². The fraction of sp³-hybridized carbons (Fsp3) is 0.0426. The van der Waals surface area contributed by atoms with Gasteiger partial charge in [0.15, 0.2) is 0 Å². The highest BCUT2D eigenvalue weighted by atomic mass is 16.2. The molecule has 13 nitrogen and oxygen atoms in total. The summed E-state index contributed by atoms with van der Waals surface area (Å²) in [7, 11) is 0. The van der Waals surface area contributed by atoms with Gasteiger partial charge < -0.3 is 10.6 Å². The predicted molar refractivity (Wildman–Crippen MR) is 230 cm³/mol. The zero-order chi connectivity index (χ0) is 40.7. The number of hydrogen-bond acceptors (Lipinski definition) is 9. The summed E-state index contributed by atoms with van der Waals surface area (Å²) in [6.07, 6.45) is 6.84. The van der Waals surface area contributed by atoms with Crippen molar-refractivity contribution in [2.75, 3.05) is 10.6 Å². The van der Waals surface area contributed by atoms with Crippen LogP contribution in [-0.2, 0) is 22.7 Å². The van der Waals surface area contributed by atoms with E-state index < -0.39 is 0 Å². The molecule has 0 saturated carbocycles. The van der Waals surface area contributed by atoms with E-state index in [-0.39, 0.29) is 24.9 Å². The van der Waals surface area contributed by atoms with Crippen molar-refractivity contribution in [1.82, 2.24) is 44.9 Å². The molecule has 0 spiro atoms. The molecule has 13 heteroatoms. The maximum Gasteiger partial charge on any atom is 0.247 e. The van der Waals surface area contributed by atoms with Crippen molar-refractivity contribution >= 4 is 23.5 Å². The summed E-state index contributed by atoms with van der Waals surface area (Å²) < 4.78 is 3.08. The first-order valence-corrected chi connectivity index (χ1v) is 19.1. The van der Waals surface area contributed by atoms with Crippen LogP contribution in [0, 0.1) is 0 Å². The molecule has 2 N–H and O–H groups in total. The number of aromatic nitrogens is 9. The summed E-state index contributed by atoms with van der Waals surface area (Å²) >= 11 is 0. The molecule has 0 aliphatic heterocycles. The highest BCUT2D eigenvalue weighted by Gasteiger charge is 2.19. The van der Waals surface area contributed by atoms with Gasteiger partial charge in [-0.15, -0.1) is 10.2 Å². The molecule has 0 unspecified atom stereocenters. The molecule has 9 aromatic rings. The van der Waals surface area contributed by atoms with Crippen molar-refractivity contribution < 1.29 is 9.59 Å². The van der Waals surface area contributed by atoms with Crippen LogP contribution in [0.25, 0.3) is 67.3 Å². The smallest absolute Gasteiger partial charge is 0.247 e. The van der Waals surface area contributed by atoms with E-state index in [1.807, 2.05) is 127 Å². The third-order valence-electron chi connectivity index (χ3n) is 9.70. The Morgan fingerprint density at radius 1 is 0.467 bits per heavy atom. The average Bonchev–Trinajstić information content (AvgIpc) is 3.95. The molecule has 5 aromatic heterocycles. The standard InChI is InChI=1S/C47H35N11O2/c59-44(30-57-29-41(53-55-57)40-16-7-8-25-48-40)51-42-24-22-39(28-50-42)37-15-9-14-36(26-37)33-17-19-34(20-18-33)46-47(35-12-5-2-6-13-35)58(56-54-46)31-45(60)52-43-23-21-38(27-49-43)32-10-3-1-4-11-32/h1-29H,30-31H2,(H,49,52,60)(H,50,51,59). The highest BCUT2D eigenvalue weighted by molar-refractivity contribution is 5.91. The molecule has 0 atom stereocenters. The summed E-state index contributed by atoms with van der Waals surface area (Å²) in [4.78, 5) is 39.3. The Morgan fingerprint density at radius 3 is 1.68 bits per heavy atom. The van der Waals surface area contributed by atoms with Crippen LogP contribution in [0.15, 0.2) is 176 Å². The van der Waals surface area contributed by atoms with Crippen molar-refractivity contribution in [1.29, 1.82) is 0 Å². The normalized spacial score (nSPS) is 10.9. The fourth-order valence-corrected chi connectivity index (χ4v) is 6.76. The van der Waals surface area contributed by atoms with Gasteiger partial charge in [-0.25, -0.2) is 19.3 Å². The van der Waals surface area contributed by atoms with Crippen LogP contribution in [-0.4, -0.2) is 56.8 Å². The molecule has 290 valence electrons. The number of pyridine rings is 3. The van der Waals surface area contributed by atoms with Crippen LogP contribution in [0.1, 0.15) is 0 Å². The Labute approximate surface area is 344 Å². The van der Waals surface area contributed by atoms with Gasteiger partial charge in [0.05, 0.1) is 17.6 Å². The molecule has 4 aromatic carbocycles. The van der Waals surface area contributed by atoms with Crippen molar-refractivity contribution in [3.8, 4) is 67.3 Å². The molecule has 60 heavy (non-hydrogen) atoms. The van der Waals surface area contributed by atoms with E-state index in [4.69, 9.17) is 0 Å². The second-order valence-corrected chi connectivity index (χ2v) is 13.8. The lowest BCUT2D eigenvalue weighted by Crippen LogP contribution is -2.20. The molecule has 0 aliphatic carbocycles. The summed E-state index contributed by atoms with van der Waals surface area (Å²) in [5.41, 5.74) is 10.3. The topological polar surface area (TPSA) is 158 Å². The van der Waals surface area contributed by atoms with Crippen molar-refractivity contribution in [2.45, 2.75) is 13.1 Å². The lowest BCUT2D eigenvalue weighted by atomic mass is 9.98. The molecule has 2 amide bonds. The first-order chi connectivity index (χ1) is 29.5. The first kappa shape index (κ1) is 37.1. The maximum atomic E-state index is 13.3. The highest BCUT2D eigenvalue weighted by Crippen LogP contribution is 2.33. The van der Waals surface area contributed by atoms with Crippen molar-refractivity contribution in [3.05, 3.63) is 176 Å². The maximum absolute atomic E-state index is 13.3. The Bertz CT molecular complexity index is 2880. The summed E-state index contributed by atoms with van der Waals surface area (Å²) in [6, 6.07) is 49.0. The molecular weight excluding hydrogens is 751 g/mol. The number of carbonyl (C=O) groups is 2. The van der Waals surface area contributed by atoms with Crippen molar-refractivity contribution in [3.63, 3.8) is 0 Å². The molecule has 9 rings (SSSR count). The van der Waals surface area contributed by atoms with Crippen LogP contribution in [0.2, 0.25) is 0 Å². The Kier molecular flexibility index (Phi) is 10.5. The zero-order valence-electron chi connectivity index (χ0n) is 32.0. The van der Waals surface area contributed by atoms with Crippen LogP contribution < -0.4 is 10.6 Å².